The fraction of sp³-hybridized carbons (Fsp3) is 0.355. The Morgan fingerprint density at radius 2 is 1.58 bits per heavy atom. The lowest BCUT2D eigenvalue weighted by Gasteiger charge is -2.32. The number of sulfonamides is 1. The minimum Gasteiger partial charge on any atom is -0.493 e. The van der Waals surface area contributed by atoms with Crippen LogP contribution in [0.2, 0.25) is 10.0 Å². The fourth-order valence-corrected chi connectivity index (χ4v) is 6.10. The highest BCUT2D eigenvalue weighted by atomic mass is 35.5. The van der Waals surface area contributed by atoms with E-state index in [0.29, 0.717) is 27.8 Å². The van der Waals surface area contributed by atoms with Crippen LogP contribution in [0.1, 0.15) is 38.3 Å². The van der Waals surface area contributed by atoms with E-state index in [0.717, 1.165) is 9.87 Å². The molecule has 12 heteroatoms. The smallest absolute Gasteiger partial charge is 0.264 e. The van der Waals surface area contributed by atoms with Crippen molar-refractivity contribution in [2.45, 2.75) is 57.6 Å². The van der Waals surface area contributed by atoms with Crippen molar-refractivity contribution in [2.75, 3.05) is 25.1 Å². The minimum absolute atomic E-state index is 0.00413. The highest BCUT2D eigenvalue weighted by Crippen LogP contribution is 2.34. The van der Waals surface area contributed by atoms with Crippen molar-refractivity contribution < 1.29 is 27.5 Å². The Labute approximate surface area is 263 Å². The van der Waals surface area contributed by atoms with Crippen molar-refractivity contribution in [1.82, 2.24) is 10.2 Å². The Morgan fingerprint density at radius 3 is 2.16 bits per heavy atom. The number of methoxy groups -OCH3 is 2. The lowest BCUT2D eigenvalue weighted by molar-refractivity contribution is -0.139. The standard InChI is InChI=1S/C31H37Cl2N3O6S/c1-7-21(3)34-31(38)22(4)35(18-23-10-11-24(32)16-27(23)33)30(37)19-36(25-12-15-28(41-5)29(17-25)42-6)43(39,40)26-13-8-20(2)9-14-26/h8-17,21-22H,7,18-19H2,1-6H3,(H,34,38)/t21-,22-/m1/s1. The Morgan fingerprint density at radius 1 is 0.930 bits per heavy atom. The van der Waals surface area contributed by atoms with Gasteiger partial charge < -0.3 is 19.7 Å². The summed E-state index contributed by atoms with van der Waals surface area (Å²) < 4.78 is 39.9. The molecule has 0 heterocycles. The van der Waals surface area contributed by atoms with Crippen LogP contribution >= 0.6 is 23.2 Å². The van der Waals surface area contributed by atoms with E-state index < -0.39 is 28.5 Å². The molecule has 2 amide bonds. The van der Waals surface area contributed by atoms with Gasteiger partial charge in [-0.3, -0.25) is 13.9 Å². The third-order valence-electron chi connectivity index (χ3n) is 7.07. The number of aryl methyl sites for hydroxylation is 1. The summed E-state index contributed by atoms with van der Waals surface area (Å²) in [7, 11) is -1.36. The SMILES string of the molecule is CC[C@@H](C)NC(=O)[C@@H](C)N(Cc1ccc(Cl)cc1Cl)C(=O)CN(c1ccc(OC)c(OC)c1)S(=O)(=O)c1ccc(C)cc1. The summed E-state index contributed by atoms with van der Waals surface area (Å²) in [6, 6.07) is 14.6. The molecule has 0 saturated carbocycles. The van der Waals surface area contributed by atoms with E-state index in [2.05, 4.69) is 5.32 Å². The summed E-state index contributed by atoms with van der Waals surface area (Å²) in [5.41, 5.74) is 1.59. The van der Waals surface area contributed by atoms with Crippen LogP contribution in [-0.2, 0) is 26.2 Å². The second-order valence-corrected chi connectivity index (χ2v) is 12.8. The molecular weight excluding hydrogens is 613 g/mol. The van der Waals surface area contributed by atoms with Crippen molar-refractivity contribution in [3.63, 3.8) is 0 Å². The Hall–Kier alpha value is -3.47. The zero-order valence-electron chi connectivity index (χ0n) is 25.1. The predicted molar refractivity (Wildman–Crippen MR) is 170 cm³/mol. The molecule has 1 N–H and O–H groups in total. The first kappa shape index (κ1) is 34.0. The van der Waals surface area contributed by atoms with E-state index in [1.807, 2.05) is 20.8 Å². The zero-order chi connectivity index (χ0) is 31.9. The van der Waals surface area contributed by atoms with Crippen LogP contribution < -0.4 is 19.1 Å². The number of benzene rings is 3. The molecular formula is C31H37Cl2N3O6S. The monoisotopic (exact) mass is 649 g/mol. The highest BCUT2D eigenvalue weighted by molar-refractivity contribution is 7.92. The number of rotatable bonds is 13. The molecule has 0 aromatic heterocycles. The maximum absolute atomic E-state index is 14.1. The molecule has 3 rings (SSSR count). The lowest BCUT2D eigenvalue weighted by atomic mass is 10.1. The van der Waals surface area contributed by atoms with Crippen LogP contribution in [0.3, 0.4) is 0 Å². The third kappa shape index (κ3) is 8.34. The Bertz CT molecular complexity index is 1550. The number of amides is 2. The van der Waals surface area contributed by atoms with Crippen LogP contribution in [0.5, 0.6) is 11.5 Å². The molecule has 9 nitrogen and oxygen atoms in total. The summed E-state index contributed by atoms with van der Waals surface area (Å²) in [5.74, 6) is -0.336. The van der Waals surface area contributed by atoms with Gasteiger partial charge in [-0.15, -0.1) is 0 Å². The average molecular weight is 651 g/mol. The first-order chi connectivity index (χ1) is 20.3. The van der Waals surface area contributed by atoms with E-state index in [-0.39, 0.29) is 34.8 Å². The first-order valence-electron chi connectivity index (χ1n) is 13.7. The van der Waals surface area contributed by atoms with E-state index in [1.165, 1.54) is 43.4 Å². The summed E-state index contributed by atoms with van der Waals surface area (Å²) in [6.45, 7) is 6.56. The van der Waals surface area contributed by atoms with E-state index in [4.69, 9.17) is 32.7 Å². The highest BCUT2D eigenvalue weighted by Gasteiger charge is 2.33. The molecule has 0 aliphatic rings. The van der Waals surface area contributed by atoms with Crippen LogP contribution in [-0.4, -0.2) is 58.0 Å². The molecule has 0 bridgehead atoms. The van der Waals surface area contributed by atoms with Gasteiger partial charge in [0, 0.05) is 28.7 Å². The molecule has 232 valence electrons. The van der Waals surface area contributed by atoms with Gasteiger partial charge in [-0.05, 0) is 69.2 Å². The number of anilines is 1. The van der Waals surface area contributed by atoms with E-state index in [9.17, 15) is 18.0 Å². The molecule has 0 radical (unpaired) electrons. The third-order valence-corrected chi connectivity index (χ3v) is 9.44. The molecule has 43 heavy (non-hydrogen) atoms. The first-order valence-corrected chi connectivity index (χ1v) is 15.9. The van der Waals surface area contributed by atoms with Crippen molar-refractivity contribution in [3.05, 3.63) is 81.8 Å². The molecule has 0 fully saturated rings. The summed E-state index contributed by atoms with van der Waals surface area (Å²) in [4.78, 5) is 28.7. The van der Waals surface area contributed by atoms with Crippen LogP contribution in [0.4, 0.5) is 5.69 Å². The van der Waals surface area contributed by atoms with Gasteiger partial charge in [0.05, 0.1) is 24.8 Å². The molecule has 0 unspecified atom stereocenters. The summed E-state index contributed by atoms with van der Waals surface area (Å²) in [5, 5.41) is 3.62. The topological polar surface area (TPSA) is 105 Å². The number of nitrogens with zero attached hydrogens (tertiary/aromatic N) is 2. The van der Waals surface area contributed by atoms with Gasteiger partial charge in [0.2, 0.25) is 11.8 Å². The number of carbonyl (C=O) groups is 2. The molecule has 0 saturated heterocycles. The molecule has 0 aliphatic carbocycles. The van der Waals surface area contributed by atoms with Gasteiger partial charge in [-0.2, -0.15) is 0 Å². The van der Waals surface area contributed by atoms with Gasteiger partial charge in [0.25, 0.3) is 10.0 Å². The Balaban J connectivity index is 2.11. The molecule has 0 spiro atoms. The maximum atomic E-state index is 14.1. The van der Waals surface area contributed by atoms with Crippen LogP contribution in [0.15, 0.2) is 65.6 Å². The maximum Gasteiger partial charge on any atom is 0.264 e. The van der Waals surface area contributed by atoms with Gasteiger partial charge in [-0.25, -0.2) is 8.42 Å². The minimum atomic E-state index is -4.25. The van der Waals surface area contributed by atoms with Crippen molar-refractivity contribution in [2.24, 2.45) is 0 Å². The normalized spacial score (nSPS) is 12.7. The predicted octanol–water partition coefficient (Wildman–Crippen LogP) is 5.85. The Kier molecular flexibility index (Phi) is 11.7. The largest absolute Gasteiger partial charge is 0.493 e. The number of nitrogens with one attached hydrogen (secondary N) is 1. The average Bonchev–Trinajstić information content (AvgIpc) is 2.98. The van der Waals surface area contributed by atoms with Gasteiger partial charge in [0.1, 0.15) is 12.6 Å². The zero-order valence-corrected chi connectivity index (χ0v) is 27.4. The van der Waals surface area contributed by atoms with Crippen molar-refractivity contribution >= 4 is 50.7 Å². The van der Waals surface area contributed by atoms with Crippen LogP contribution in [0, 0.1) is 6.92 Å². The number of ether oxygens (including phenoxy) is 2. The van der Waals surface area contributed by atoms with E-state index in [1.54, 1.807) is 43.3 Å². The second-order valence-electron chi connectivity index (χ2n) is 10.1. The number of halogens is 2. The van der Waals surface area contributed by atoms with Gasteiger partial charge >= 0.3 is 0 Å². The molecule has 3 aromatic rings. The van der Waals surface area contributed by atoms with Crippen molar-refractivity contribution in [1.29, 1.82) is 0 Å². The van der Waals surface area contributed by atoms with Gasteiger partial charge in [0.15, 0.2) is 11.5 Å². The van der Waals surface area contributed by atoms with Crippen LogP contribution in [0.25, 0.3) is 0 Å². The van der Waals surface area contributed by atoms with Crippen molar-refractivity contribution in [3.8, 4) is 11.5 Å². The fourth-order valence-electron chi connectivity index (χ4n) is 4.23. The quantitative estimate of drug-likeness (QED) is 0.249. The van der Waals surface area contributed by atoms with E-state index >= 15 is 0 Å². The number of carbonyl (C=O) groups excluding carboxylic acids is 2. The second kappa shape index (κ2) is 14.8. The lowest BCUT2D eigenvalue weighted by Crippen LogP contribution is -2.52. The molecule has 3 aromatic carbocycles. The molecule has 2 atom stereocenters. The number of hydrogen-bond donors (Lipinski definition) is 1. The summed E-state index contributed by atoms with van der Waals surface area (Å²) in [6.07, 6.45) is 0.692. The molecule has 0 aliphatic heterocycles. The van der Waals surface area contributed by atoms with Gasteiger partial charge in [-0.1, -0.05) is 53.9 Å². The number of hydrogen-bond acceptors (Lipinski definition) is 6. The summed E-state index contributed by atoms with van der Waals surface area (Å²) >= 11 is 12.5.